The highest BCUT2D eigenvalue weighted by atomic mass is 16.7. The predicted molar refractivity (Wildman–Crippen MR) is 60.0 cm³/mol. The molecule has 1 N–H and O–H groups in total. The number of ether oxygens (including phenoxy) is 2. The first kappa shape index (κ1) is 9.78. The molecule has 2 aliphatic rings. The van der Waals surface area contributed by atoms with Crippen LogP contribution in [0, 0.1) is 0 Å². The van der Waals surface area contributed by atoms with E-state index in [1.165, 1.54) is 0 Å². The van der Waals surface area contributed by atoms with E-state index in [4.69, 9.17) is 9.47 Å². The minimum Gasteiger partial charge on any atom is -0.454 e. The van der Waals surface area contributed by atoms with Crippen molar-refractivity contribution in [2.24, 2.45) is 0 Å². The molecule has 86 valence electrons. The molecule has 0 radical (unpaired) electrons. The zero-order chi connectivity index (χ0) is 11.0. The summed E-state index contributed by atoms with van der Waals surface area (Å²) >= 11 is 0. The standard InChI is InChI=1S/C12H15NO3/c14-7-10-2-1-5-13(10)9-3-4-11-12(6-9)16-8-15-11/h3-4,6,10,14H,1-2,5,7-8H2/t10-/m0/s1. The molecule has 3 rings (SSSR count). The van der Waals surface area contributed by atoms with Gasteiger partial charge < -0.3 is 19.5 Å². The van der Waals surface area contributed by atoms with Crippen LogP contribution >= 0.6 is 0 Å². The number of hydrogen-bond donors (Lipinski definition) is 1. The molecule has 0 bridgehead atoms. The van der Waals surface area contributed by atoms with Gasteiger partial charge in [-0.05, 0) is 25.0 Å². The first-order valence-electron chi connectivity index (χ1n) is 5.65. The Kier molecular flexibility index (Phi) is 2.36. The Morgan fingerprint density at radius 3 is 3.06 bits per heavy atom. The molecule has 1 fully saturated rings. The fourth-order valence-corrected chi connectivity index (χ4v) is 2.43. The van der Waals surface area contributed by atoms with Crippen LogP contribution in [0.25, 0.3) is 0 Å². The molecule has 2 heterocycles. The van der Waals surface area contributed by atoms with Crippen molar-refractivity contribution in [1.82, 2.24) is 0 Å². The first-order chi connectivity index (χ1) is 7.88. The summed E-state index contributed by atoms with van der Waals surface area (Å²) in [6, 6.07) is 6.21. The third kappa shape index (κ3) is 1.50. The van der Waals surface area contributed by atoms with E-state index in [1.807, 2.05) is 18.2 Å². The van der Waals surface area contributed by atoms with E-state index in [1.54, 1.807) is 0 Å². The molecule has 0 unspecified atom stereocenters. The number of nitrogens with zero attached hydrogens (tertiary/aromatic N) is 1. The molecule has 1 saturated heterocycles. The Morgan fingerprint density at radius 1 is 1.31 bits per heavy atom. The molecule has 1 aromatic carbocycles. The minimum absolute atomic E-state index is 0.217. The molecule has 1 atom stereocenters. The van der Waals surface area contributed by atoms with Gasteiger partial charge in [0.05, 0.1) is 12.6 Å². The molecule has 4 nitrogen and oxygen atoms in total. The van der Waals surface area contributed by atoms with Gasteiger partial charge in [-0.2, -0.15) is 0 Å². The molecule has 0 spiro atoms. The first-order valence-corrected chi connectivity index (χ1v) is 5.65. The summed E-state index contributed by atoms with van der Waals surface area (Å²) in [5, 5.41) is 9.29. The van der Waals surface area contributed by atoms with Crippen LogP contribution in [0.4, 0.5) is 5.69 Å². The van der Waals surface area contributed by atoms with Gasteiger partial charge in [0.15, 0.2) is 11.5 Å². The van der Waals surface area contributed by atoms with Gasteiger partial charge in [0.1, 0.15) is 0 Å². The normalized spacial score (nSPS) is 22.8. The van der Waals surface area contributed by atoms with E-state index in [0.717, 1.165) is 36.6 Å². The van der Waals surface area contributed by atoms with E-state index >= 15 is 0 Å². The van der Waals surface area contributed by atoms with E-state index in [2.05, 4.69) is 4.90 Å². The number of hydrogen-bond acceptors (Lipinski definition) is 4. The Morgan fingerprint density at radius 2 is 2.19 bits per heavy atom. The summed E-state index contributed by atoms with van der Waals surface area (Å²) in [7, 11) is 0. The number of fused-ring (bicyclic) bond motifs is 1. The Balaban J connectivity index is 1.89. The topological polar surface area (TPSA) is 41.9 Å². The zero-order valence-electron chi connectivity index (χ0n) is 9.06. The van der Waals surface area contributed by atoms with Crippen molar-refractivity contribution in [3.8, 4) is 11.5 Å². The van der Waals surface area contributed by atoms with Crippen molar-refractivity contribution in [3.05, 3.63) is 18.2 Å². The fraction of sp³-hybridized carbons (Fsp3) is 0.500. The molecular formula is C12H15NO3. The molecule has 1 aromatic rings. The van der Waals surface area contributed by atoms with Crippen LogP contribution in [0.5, 0.6) is 11.5 Å². The Hall–Kier alpha value is -1.42. The van der Waals surface area contributed by atoms with Crippen molar-refractivity contribution in [1.29, 1.82) is 0 Å². The van der Waals surface area contributed by atoms with Gasteiger partial charge >= 0.3 is 0 Å². The van der Waals surface area contributed by atoms with Gasteiger partial charge in [-0.1, -0.05) is 0 Å². The lowest BCUT2D eigenvalue weighted by atomic mass is 10.2. The summed E-state index contributed by atoms with van der Waals surface area (Å²) in [4.78, 5) is 2.24. The predicted octanol–water partition coefficient (Wildman–Crippen LogP) is 1.38. The van der Waals surface area contributed by atoms with Gasteiger partial charge in [-0.3, -0.25) is 0 Å². The second-order valence-electron chi connectivity index (χ2n) is 4.21. The van der Waals surface area contributed by atoms with E-state index in [0.29, 0.717) is 6.79 Å². The lowest BCUT2D eigenvalue weighted by Gasteiger charge is -2.25. The van der Waals surface area contributed by atoms with Crippen molar-refractivity contribution in [2.75, 3.05) is 24.8 Å². The monoisotopic (exact) mass is 221 g/mol. The van der Waals surface area contributed by atoms with Crippen molar-refractivity contribution in [3.63, 3.8) is 0 Å². The molecule has 2 aliphatic heterocycles. The van der Waals surface area contributed by atoms with Gasteiger partial charge in [0, 0.05) is 18.3 Å². The highest BCUT2D eigenvalue weighted by molar-refractivity contribution is 5.58. The highest BCUT2D eigenvalue weighted by Crippen LogP contribution is 2.37. The van der Waals surface area contributed by atoms with Crippen molar-refractivity contribution in [2.45, 2.75) is 18.9 Å². The summed E-state index contributed by atoms with van der Waals surface area (Å²) in [6.07, 6.45) is 2.20. The summed E-state index contributed by atoms with van der Waals surface area (Å²) in [5.74, 6) is 1.62. The average Bonchev–Trinajstić information content (AvgIpc) is 2.96. The molecule has 16 heavy (non-hydrogen) atoms. The number of benzene rings is 1. The van der Waals surface area contributed by atoms with Crippen molar-refractivity contribution < 1.29 is 14.6 Å². The van der Waals surface area contributed by atoms with Crippen LogP contribution in [0.15, 0.2) is 18.2 Å². The number of rotatable bonds is 2. The smallest absolute Gasteiger partial charge is 0.231 e. The van der Waals surface area contributed by atoms with E-state index in [-0.39, 0.29) is 12.6 Å². The Bertz CT molecular complexity index is 394. The lowest BCUT2D eigenvalue weighted by molar-refractivity contribution is 0.174. The number of anilines is 1. The number of aliphatic hydroxyl groups excluding tert-OH is 1. The zero-order valence-corrected chi connectivity index (χ0v) is 9.06. The largest absolute Gasteiger partial charge is 0.454 e. The highest BCUT2D eigenvalue weighted by Gasteiger charge is 2.25. The fourth-order valence-electron chi connectivity index (χ4n) is 2.43. The minimum atomic E-state index is 0.217. The third-order valence-electron chi connectivity index (χ3n) is 3.28. The van der Waals surface area contributed by atoms with Crippen LogP contribution < -0.4 is 14.4 Å². The quantitative estimate of drug-likeness (QED) is 0.819. The van der Waals surface area contributed by atoms with Gasteiger partial charge in [-0.15, -0.1) is 0 Å². The second-order valence-corrected chi connectivity index (χ2v) is 4.21. The molecule has 0 aliphatic carbocycles. The van der Waals surface area contributed by atoms with E-state index in [9.17, 15) is 5.11 Å². The van der Waals surface area contributed by atoms with Crippen LogP contribution in [0.2, 0.25) is 0 Å². The maximum absolute atomic E-state index is 9.29. The molecular weight excluding hydrogens is 206 g/mol. The molecule has 0 aromatic heterocycles. The SMILES string of the molecule is OC[C@@H]1CCCN1c1ccc2c(c1)OCO2. The van der Waals surface area contributed by atoms with Crippen LogP contribution in [0.1, 0.15) is 12.8 Å². The molecule has 4 heteroatoms. The lowest BCUT2D eigenvalue weighted by Crippen LogP contribution is -2.31. The van der Waals surface area contributed by atoms with Crippen LogP contribution in [0.3, 0.4) is 0 Å². The van der Waals surface area contributed by atoms with Gasteiger partial charge in [-0.25, -0.2) is 0 Å². The van der Waals surface area contributed by atoms with E-state index < -0.39 is 0 Å². The Labute approximate surface area is 94.4 Å². The summed E-state index contributed by atoms with van der Waals surface area (Å²) < 4.78 is 10.6. The maximum Gasteiger partial charge on any atom is 0.231 e. The second kappa shape index (κ2) is 3.87. The maximum atomic E-state index is 9.29. The van der Waals surface area contributed by atoms with Crippen molar-refractivity contribution >= 4 is 5.69 Å². The van der Waals surface area contributed by atoms with Gasteiger partial charge in [0.2, 0.25) is 6.79 Å². The third-order valence-corrected chi connectivity index (χ3v) is 3.28. The summed E-state index contributed by atoms with van der Waals surface area (Å²) in [5.41, 5.74) is 1.11. The summed E-state index contributed by atoms with van der Waals surface area (Å²) in [6.45, 7) is 1.53. The van der Waals surface area contributed by atoms with Gasteiger partial charge in [0.25, 0.3) is 0 Å². The van der Waals surface area contributed by atoms with Crippen LogP contribution in [-0.4, -0.2) is 31.1 Å². The molecule has 0 saturated carbocycles. The average molecular weight is 221 g/mol. The van der Waals surface area contributed by atoms with Crippen LogP contribution in [-0.2, 0) is 0 Å². The molecule has 0 amide bonds. The number of aliphatic hydroxyl groups is 1.